The van der Waals surface area contributed by atoms with Crippen LogP contribution in [0.5, 0.6) is 0 Å². The van der Waals surface area contributed by atoms with Crippen molar-refractivity contribution in [2.24, 2.45) is 0 Å². The lowest BCUT2D eigenvalue weighted by Gasteiger charge is -2.20. The molecule has 1 unspecified atom stereocenters. The molecule has 0 spiro atoms. The van der Waals surface area contributed by atoms with E-state index in [1.54, 1.807) is 6.92 Å². The Kier molecular flexibility index (Phi) is 5.72. The predicted octanol–water partition coefficient (Wildman–Crippen LogP) is 2.68. The Balaban J connectivity index is 2.15. The second-order valence-electron chi connectivity index (χ2n) is 6.08. The minimum Gasteiger partial charge on any atom is -0.466 e. The van der Waals surface area contributed by atoms with Crippen molar-refractivity contribution in [2.45, 2.75) is 58.5 Å². The molecule has 22 heavy (non-hydrogen) atoms. The Hall–Kier alpha value is -1.68. The standard InChI is InChI=1S/C18H25NO3/c1-4-22-17(20)11-16(19-12(2)3)18(21)15-9-8-13-6-5-7-14(13)10-15/h8-10,12,16,19H,4-7,11H2,1-3H3. The molecule has 1 aliphatic carbocycles. The average molecular weight is 303 g/mol. The third kappa shape index (κ3) is 4.17. The Morgan fingerprint density at radius 3 is 2.64 bits per heavy atom. The Morgan fingerprint density at radius 2 is 1.95 bits per heavy atom. The van der Waals surface area contributed by atoms with Crippen molar-refractivity contribution in [3.8, 4) is 0 Å². The fourth-order valence-electron chi connectivity index (χ4n) is 2.94. The molecule has 1 aromatic rings. The predicted molar refractivity (Wildman–Crippen MR) is 86.1 cm³/mol. The SMILES string of the molecule is CCOC(=O)CC(NC(C)C)C(=O)c1ccc2c(c1)CCC2. The minimum absolute atomic E-state index is 0.0311. The van der Waals surface area contributed by atoms with Gasteiger partial charge in [-0.25, -0.2) is 0 Å². The number of carbonyl (C=O) groups excluding carboxylic acids is 2. The van der Waals surface area contributed by atoms with Crippen molar-refractivity contribution in [3.63, 3.8) is 0 Å². The van der Waals surface area contributed by atoms with Crippen LogP contribution in [0.1, 0.15) is 55.1 Å². The van der Waals surface area contributed by atoms with Gasteiger partial charge in [-0.1, -0.05) is 26.0 Å². The number of Topliss-reactive ketones (excluding diaryl/α,β-unsaturated/α-hetero) is 1. The van der Waals surface area contributed by atoms with E-state index >= 15 is 0 Å². The van der Waals surface area contributed by atoms with Gasteiger partial charge < -0.3 is 10.1 Å². The van der Waals surface area contributed by atoms with Gasteiger partial charge in [0.2, 0.25) is 0 Å². The van der Waals surface area contributed by atoms with E-state index in [2.05, 4.69) is 5.32 Å². The molecule has 1 aliphatic rings. The van der Waals surface area contributed by atoms with Crippen LogP contribution in [0.15, 0.2) is 18.2 Å². The van der Waals surface area contributed by atoms with E-state index in [1.165, 1.54) is 11.1 Å². The molecule has 1 atom stereocenters. The molecule has 4 nitrogen and oxygen atoms in total. The van der Waals surface area contributed by atoms with Gasteiger partial charge in [0.25, 0.3) is 0 Å². The Labute approximate surface area is 132 Å². The van der Waals surface area contributed by atoms with Crippen LogP contribution in [-0.4, -0.2) is 30.4 Å². The van der Waals surface area contributed by atoms with Gasteiger partial charge in [0.1, 0.15) is 0 Å². The van der Waals surface area contributed by atoms with E-state index in [1.807, 2.05) is 32.0 Å². The number of hydrogen-bond donors (Lipinski definition) is 1. The van der Waals surface area contributed by atoms with Gasteiger partial charge >= 0.3 is 5.97 Å². The largest absolute Gasteiger partial charge is 0.466 e. The van der Waals surface area contributed by atoms with E-state index in [0.29, 0.717) is 12.2 Å². The molecule has 0 fully saturated rings. The number of carbonyl (C=O) groups is 2. The highest BCUT2D eigenvalue weighted by atomic mass is 16.5. The van der Waals surface area contributed by atoms with Crippen LogP contribution in [-0.2, 0) is 22.4 Å². The van der Waals surface area contributed by atoms with Crippen LogP contribution in [0.4, 0.5) is 0 Å². The summed E-state index contributed by atoms with van der Waals surface area (Å²) < 4.78 is 4.98. The maximum absolute atomic E-state index is 12.7. The molecular weight excluding hydrogens is 278 g/mol. The first-order valence-electron chi connectivity index (χ1n) is 8.09. The number of nitrogens with one attached hydrogen (secondary N) is 1. The van der Waals surface area contributed by atoms with Gasteiger partial charge in [0.05, 0.1) is 19.1 Å². The summed E-state index contributed by atoms with van der Waals surface area (Å²) in [7, 11) is 0. The molecule has 0 saturated carbocycles. The summed E-state index contributed by atoms with van der Waals surface area (Å²) in [6.07, 6.45) is 3.36. The van der Waals surface area contributed by atoms with Crippen LogP contribution in [0.2, 0.25) is 0 Å². The second kappa shape index (κ2) is 7.54. The number of ketones is 1. The molecule has 4 heteroatoms. The number of aryl methyl sites for hydroxylation is 2. The van der Waals surface area contributed by atoms with Gasteiger partial charge in [-0.05, 0) is 43.4 Å². The van der Waals surface area contributed by atoms with Crippen molar-refractivity contribution in [1.82, 2.24) is 5.32 Å². The van der Waals surface area contributed by atoms with E-state index in [4.69, 9.17) is 4.74 Å². The molecule has 0 radical (unpaired) electrons. The second-order valence-corrected chi connectivity index (χ2v) is 6.08. The van der Waals surface area contributed by atoms with Crippen molar-refractivity contribution in [1.29, 1.82) is 0 Å². The van der Waals surface area contributed by atoms with Crippen LogP contribution in [0, 0.1) is 0 Å². The molecule has 0 heterocycles. The number of benzene rings is 1. The highest BCUT2D eigenvalue weighted by Crippen LogP contribution is 2.23. The monoisotopic (exact) mass is 303 g/mol. The van der Waals surface area contributed by atoms with E-state index in [-0.39, 0.29) is 24.2 Å². The van der Waals surface area contributed by atoms with Crippen LogP contribution in [0.3, 0.4) is 0 Å². The molecule has 120 valence electrons. The number of rotatable bonds is 7. The highest BCUT2D eigenvalue weighted by Gasteiger charge is 2.25. The molecule has 1 aromatic carbocycles. The Bertz CT molecular complexity index is 551. The lowest BCUT2D eigenvalue weighted by atomic mass is 9.97. The first kappa shape index (κ1) is 16.7. The quantitative estimate of drug-likeness (QED) is 0.621. The number of hydrogen-bond acceptors (Lipinski definition) is 4. The topological polar surface area (TPSA) is 55.4 Å². The van der Waals surface area contributed by atoms with E-state index in [0.717, 1.165) is 19.3 Å². The third-order valence-corrected chi connectivity index (χ3v) is 3.91. The van der Waals surface area contributed by atoms with Crippen LogP contribution in [0.25, 0.3) is 0 Å². The summed E-state index contributed by atoms with van der Waals surface area (Å²) in [5.41, 5.74) is 3.30. The maximum Gasteiger partial charge on any atom is 0.307 e. The molecule has 0 aromatic heterocycles. The zero-order chi connectivity index (χ0) is 16.1. The van der Waals surface area contributed by atoms with E-state index < -0.39 is 6.04 Å². The zero-order valence-electron chi connectivity index (χ0n) is 13.6. The van der Waals surface area contributed by atoms with Crippen LogP contribution >= 0.6 is 0 Å². The molecule has 2 rings (SSSR count). The van der Waals surface area contributed by atoms with Crippen LogP contribution < -0.4 is 5.32 Å². The minimum atomic E-state index is -0.529. The lowest BCUT2D eigenvalue weighted by molar-refractivity contribution is -0.143. The smallest absolute Gasteiger partial charge is 0.307 e. The zero-order valence-corrected chi connectivity index (χ0v) is 13.6. The molecule has 0 aliphatic heterocycles. The summed E-state index contributed by atoms with van der Waals surface area (Å²) in [5, 5.41) is 3.18. The maximum atomic E-state index is 12.7. The first-order chi connectivity index (χ1) is 10.5. The summed E-state index contributed by atoms with van der Waals surface area (Å²) in [6.45, 7) is 6.04. The van der Waals surface area contributed by atoms with Gasteiger partial charge in [-0.3, -0.25) is 9.59 Å². The van der Waals surface area contributed by atoms with Gasteiger partial charge in [0.15, 0.2) is 5.78 Å². The average Bonchev–Trinajstić information content (AvgIpc) is 2.92. The van der Waals surface area contributed by atoms with Gasteiger partial charge in [-0.15, -0.1) is 0 Å². The summed E-state index contributed by atoms with van der Waals surface area (Å²) in [6, 6.07) is 5.51. The molecule has 1 N–H and O–H groups in total. The summed E-state index contributed by atoms with van der Waals surface area (Å²) in [5.74, 6) is -0.369. The lowest BCUT2D eigenvalue weighted by Crippen LogP contribution is -2.42. The van der Waals surface area contributed by atoms with Crippen molar-refractivity contribution in [2.75, 3.05) is 6.61 Å². The normalized spacial score (nSPS) is 14.7. The van der Waals surface area contributed by atoms with Gasteiger partial charge in [-0.2, -0.15) is 0 Å². The fourth-order valence-corrected chi connectivity index (χ4v) is 2.94. The van der Waals surface area contributed by atoms with Gasteiger partial charge in [0, 0.05) is 11.6 Å². The van der Waals surface area contributed by atoms with E-state index in [9.17, 15) is 9.59 Å². The third-order valence-electron chi connectivity index (χ3n) is 3.91. The van der Waals surface area contributed by atoms with Crippen molar-refractivity contribution in [3.05, 3.63) is 34.9 Å². The molecule has 0 amide bonds. The number of esters is 1. The summed E-state index contributed by atoms with van der Waals surface area (Å²) >= 11 is 0. The van der Waals surface area contributed by atoms with Crippen molar-refractivity contribution >= 4 is 11.8 Å². The molecule has 0 saturated heterocycles. The molecular formula is C18H25NO3. The highest BCUT2D eigenvalue weighted by molar-refractivity contribution is 6.02. The number of ether oxygens (including phenoxy) is 1. The Morgan fingerprint density at radius 1 is 1.23 bits per heavy atom. The fraction of sp³-hybridized carbons (Fsp3) is 0.556. The summed E-state index contributed by atoms with van der Waals surface area (Å²) in [4.78, 5) is 24.5. The number of fused-ring (bicyclic) bond motifs is 1. The molecule has 0 bridgehead atoms. The first-order valence-corrected chi connectivity index (χ1v) is 8.09. The van der Waals surface area contributed by atoms with Crippen molar-refractivity contribution < 1.29 is 14.3 Å².